The van der Waals surface area contributed by atoms with Crippen molar-refractivity contribution < 1.29 is 14.0 Å². The number of benzene rings is 1. The average molecular weight is 366 g/mol. The molecular weight excluding hydrogens is 348 g/mol. The highest BCUT2D eigenvalue weighted by Gasteiger charge is 2.35. The molecule has 9 heteroatoms. The van der Waals surface area contributed by atoms with E-state index in [1.165, 1.54) is 0 Å². The number of nitrogens with one attached hydrogen (secondary N) is 1. The van der Waals surface area contributed by atoms with Crippen molar-refractivity contribution >= 4 is 23.5 Å². The van der Waals surface area contributed by atoms with Gasteiger partial charge >= 0.3 is 6.01 Å². The summed E-state index contributed by atoms with van der Waals surface area (Å²) in [6, 6.07) is 9.37. The molecule has 9 nitrogen and oxygen atoms in total. The maximum absolute atomic E-state index is 12.5. The lowest BCUT2D eigenvalue weighted by Crippen LogP contribution is -2.28. The van der Waals surface area contributed by atoms with E-state index in [0.29, 0.717) is 12.2 Å². The quantitative estimate of drug-likeness (QED) is 0.754. The van der Waals surface area contributed by atoms with E-state index in [2.05, 4.69) is 20.6 Å². The molecule has 1 aliphatic heterocycles. The number of hydrogen-bond acceptors (Lipinski definition) is 6. The van der Waals surface area contributed by atoms with Gasteiger partial charge in [0, 0.05) is 31.9 Å². The van der Waals surface area contributed by atoms with Crippen molar-refractivity contribution in [3.63, 3.8) is 0 Å². The van der Waals surface area contributed by atoms with Gasteiger partial charge < -0.3 is 9.32 Å². The van der Waals surface area contributed by atoms with Crippen LogP contribution in [-0.4, -0.2) is 38.3 Å². The van der Waals surface area contributed by atoms with Gasteiger partial charge in [-0.15, -0.1) is 5.10 Å². The van der Waals surface area contributed by atoms with Crippen molar-refractivity contribution in [1.29, 1.82) is 0 Å². The fourth-order valence-corrected chi connectivity index (χ4v) is 3.03. The Bertz CT molecular complexity index is 991. The lowest BCUT2D eigenvalue weighted by Gasteiger charge is -2.16. The molecule has 3 aromatic rings. The average Bonchev–Trinajstić information content (AvgIpc) is 3.36. The zero-order valence-electron chi connectivity index (χ0n) is 14.9. The Balaban J connectivity index is 1.43. The molecule has 0 radical (unpaired) electrons. The number of carbonyl (C=O) groups excluding carboxylic acids is 2. The Hall–Kier alpha value is -3.49. The summed E-state index contributed by atoms with van der Waals surface area (Å²) in [4.78, 5) is 26.5. The van der Waals surface area contributed by atoms with Crippen molar-refractivity contribution in [2.75, 3.05) is 16.8 Å². The third-order valence-corrected chi connectivity index (χ3v) is 4.54. The zero-order valence-corrected chi connectivity index (χ0v) is 14.9. The minimum atomic E-state index is -0.481. The monoisotopic (exact) mass is 366 g/mol. The van der Waals surface area contributed by atoms with Crippen LogP contribution in [0, 0.1) is 12.8 Å². The van der Waals surface area contributed by atoms with Crippen LogP contribution in [0.4, 0.5) is 11.7 Å². The second kappa shape index (κ2) is 6.67. The number of nitrogens with zero attached hydrogens (tertiary/aromatic N) is 5. The van der Waals surface area contributed by atoms with Crippen LogP contribution in [0.1, 0.15) is 12.0 Å². The van der Waals surface area contributed by atoms with Crippen LogP contribution in [0.5, 0.6) is 0 Å². The van der Waals surface area contributed by atoms with E-state index >= 15 is 0 Å². The first-order chi connectivity index (χ1) is 13.0. The molecule has 1 saturated heterocycles. The minimum absolute atomic E-state index is 0.00238. The van der Waals surface area contributed by atoms with Gasteiger partial charge in [0.05, 0.1) is 5.92 Å². The van der Waals surface area contributed by atoms with E-state index in [1.807, 2.05) is 31.2 Å². The predicted octanol–water partition coefficient (Wildman–Crippen LogP) is 1.77. The molecule has 1 N–H and O–H groups in total. The second-order valence-corrected chi connectivity index (χ2v) is 6.48. The van der Waals surface area contributed by atoms with E-state index in [9.17, 15) is 9.59 Å². The van der Waals surface area contributed by atoms with Gasteiger partial charge in [-0.2, -0.15) is 5.10 Å². The maximum Gasteiger partial charge on any atom is 0.322 e. The first-order valence-corrected chi connectivity index (χ1v) is 8.51. The lowest BCUT2D eigenvalue weighted by molar-refractivity contribution is -0.122. The van der Waals surface area contributed by atoms with Gasteiger partial charge in [0.1, 0.15) is 5.69 Å². The van der Waals surface area contributed by atoms with Gasteiger partial charge in [0.15, 0.2) is 0 Å². The van der Waals surface area contributed by atoms with E-state index in [1.54, 1.807) is 28.9 Å². The van der Waals surface area contributed by atoms with Crippen LogP contribution in [0.15, 0.2) is 40.9 Å². The largest absolute Gasteiger partial charge is 0.401 e. The van der Waals surface area contributed by atoms with Crippen LogP contribution in [-0.2, 0) is 16.6 Å². The summed E-state index contributed by atoms with van der Waals surface area (Å²) < 4.78 is 7.07. The van der Waals surface area contributed by atoms with E-state index in [4.69, 9.17) is 4.42 Å². The molecule has 4 rings (SSSR count). The van der Waals surface area contributed by atoms with Crippen molar-refractivity contribution in [2.45, 2.75) is 13.3 Å². The number of aryl methyl sites for hydroxylation is 2. The summed E-state index contributed by atoms with van der Waals surface area (Å²) in [5.74, 6) is -0.627. The summed E-state index contributed by atoms with van der Waals surface area (Å²) in [5, 5.41) is 14.4. The summed E-state index contributed by atoms with van der Waals surface area (Å²) in [7, 11) is 1.75. The molecule has 27 heavy (non-hydrogen) atoms. The van der Waals surface area contributed by atoms with E-state index < -0.39 is 5.92 Å². The third-order valence-electron chi connectivity index (χ3n) is 4.54. The van der Waals surface area contributed by atoms with Crippen molar-refractivity contribution in [3.05, 3.63) is 42.1 Å². The van der Waals surface area contributed by atoms with Crippen molar-refractivity contribution in [2.24, 2.45) is 13.0 Å². The van der Waals surface area contributed by atoms with Gasteiger partial charge in [-0.25, -0.2) is 0 Å². The predicted molar refractivity (Wildman–Crippen MR) is 96.8 cm³/mol. The molecule has 1 fully saturated rings. The first kappa shape index (κ1) is 17.0. The molecule has 1 aliphatic rings. The molecule has 0 spiro atoms. The highest BCUT2D eigenvalue weighted by Crippen LogP contribution is 2.26. The van der Waals surface area contributed by atoms with Gasteiger partial charge in [-0.05, 0) is 25.1 Å². The van der Waals surface area contributed by atoms with Crippen molar-refractivity contribution in [1.82, 2.24) is 20.0 Å². The van der Waals surface area contributed by atoms with Gasteiger partial charge in [0.25, 0.3) is 5.89 Å². The number of anilines is 2. The molecule has 3 heterocycles. The molecule has 2 aromatic heterocycles. The lowest BCUT2D eigenvalue weighted by atomic mass is 10.1. The minimum Gasteiger partial charge on any atom is -0.401 e. The Kier molecular flexibility index (Phi) is 4.19. The third kappa shape index (κ3) is 3.31. The molecule has 0 bridgehead atoms. The Morgan fingerprint density at radius 2 is 2.00 bits per heavy atom. The summed E-state index contributed by atoms with van der Waals surface area (Å²) in [6.45, 7) is 2.30. The number of aromatic nitrogens is 4. The Morgan fingerprint density at radius 3 is 2.70 bits per heavy atom. The van der Waals surface area contributed by atoms with Crippen LogP contribution in [0.25, 0.3) is 11.6 Å². The number of hydrogen-bond donors (Lipinski definition) is 1. The van der Waals surface area contributed by atoms with E-state index in [0.717, 1.165) is 11.3 Å². The molecule has 0 saturated carbocycles. The number of carbonyl (C=O) groups is 2. The smallest absolute Gasteiger partial charge is 0.322 e. The standard InChI is InChI=1S/C18H18N6O3/c1-11-3-5-13(6-4-11)24-10-12(9-15(24)25)16(26)20-18-22-21-17(27-18)14-7-8-19-23(14)2/h3-8,12H,9-10H2,1-2H3,(H,20,22,26). The van der Waals surface area contributed by atoms with Crippen LogP contribution in [0.3, 0.4) is 0 Å². The molecule has 1 unspecified atom stereocenters. The molecule has 0 aliphatic carbocycles. The SMILES string of the molecule is Cc1ccc(N2CC(C(=O)Nc3nnc(-c4ccnn4C)o3)CC2=O)cc1. The summed E-state index contributed by atoms with van der Waals surface area (Å²) >= 11 is 0. The zero-order chi connectivity index (χ0) is 19.0. The molecule has 138 valence electrons. The maximum atomic E-state index is 12.5. The first-order valence-electron chi connectivity index (χ1n) is 8.51. The number of rotatable bonds is 4. The molecule has 2 amide bonds. The van der Waals surface area contributed by atoms with Crippen LogP contribution < -0.4 is 10.2 Å². The van der Waals surface area contributed by atoms with Gasteiger partial charge in [0.2, 0.25) is 11.8 Å². The van der Waals surface area contributed by atoms with Crippen molar-refractivity contribution in [3.8, 4) is 11.6 Å². The topological polar surface area (TPSA) is 106 Å². The Morgan fingerprint density at radius 1 is 1.22 bits per heavy atom. The Labute approximate surface area is 155 Å². The van der Waals surface area contributed by atoms with E-state index in [-0.39, 0.29) is 30.1 Å². The fourth-order valence-electron chi connectivity index (χ4n) is 3.03. The van der Waals surface area contributed by atoms with Gasteiger partial charge in [-0.3, -0.25) is 19.6 Å². The summed E-state index contributed by atoms with van der Waals surface area (Å²) in [5.41, 5.74) is 2.54. The van der Waals surface area contributed by atoms with Crippen LogP contribution >= 0.6 is 0 Å². The highest BCUT2D eigenvalue weighted by molar-refractivity contribution is 6.03. The highest BCUT2D eigenvalue weighted by atomic mass is 16.4. The molecule has 1 aromatic carbocycles. The fraction of sp³-hybridized carbons (Fsp3) is 0.278. The number of amides is 2. The van der Waals surface area contributed by atoms with Crippen LogP contribution in [0.2, 0.25) is 0 Å². The van der Waals surface area contributed by atoms with Gasteiger partial charge in [-0.1, -0.05) is 22.8 Å². The normalized spacial score (nSPS) is 16.7. The molecular formula is C18H18N6O3. The molecule has 1 atom stereocenters. The summed E-state index contributed by atoms with van der Waals surface area (Å²) in [6.07, 6.45) is 1.75. The second-order valence-electron chi connectivity index (χ2n) is 6.48.